The first-order valence-electron chi connectivity index (χ1n) is 5.17. The molecule has 6 heteroatoms. The van der Waals surface area contributed by atoms with Gasteiger partial charge in [-0.15, -0.1) is 0 Å². The van der Waals surface area contributed by atoms with Crippen LogP contribution >= 0.6 is 12.2 Å². The van der Waals surface area contributed by atoms with Crippen molar-refractivity contribution in [3.05, 3.63) is 35.4 Å². The molecule has 0 bridgehead atoms. The molecule has 1 rings (SSSR count). The fraction of sp³-hybridized carbons (Fsp3) is 0.364. The summed E-state index contributed by atoms with van der Waals surface area (Å²) in [5, 5.41) is -0.860. The molecule has 0 saturated heterocycles. The summed E-state index contributed by atoms with van der Waals surface area (Å²) < 4.78 is 26.1. The lowest BCUT2D eigenvalue weighted by atomic mass is 10.1. The van der Waals surface area contributed by atoms with Crippen molar-refractivity contribution >= 4 is 27.2 Å². The predicted molar refractivity (Wildman–Crippen MR) is 73.2 cm³/mol. The van der Waals surface area contributed by atoms with E-state index < -0.39 is 15.3 Å². The fourth-order valence-corrected chi connectivity index (χ4v) is 2.56. The van der Waals surface area contributed by atoms with Gasteiger partial charge in [-0.05, 0) is 25.0 Å². The molecular weight excluding hydrogens is 256 g/mol. The van der Waals surface area contributed by atoms with Crippen LogP contribution in [0.1, 0.15) is 18.1 Å². The van der Waals surface area contributed by atoms with Gasteiger partial charge in [-0.1, -0.05) is 36.5 Å². The quantitative estimate of drug-likeness (QED) is 0.787. The Kier molecular flexibility index (Phi) is 4.62. The highest BCUT2D eigenvalue weighted by atomic mass is 32.2. The maximum Gasteiger partial charge on any atom is 0.221 e. The molecule has 1 aromatic carbocycles. The van der Waals surface area contributed by atoms with Crippen molar-refractivity contribution in [2.24, 2.45) is 5.73 Å². The summed E-state index contributed by atoms with van der Waals surface area (Å²) in [6.07, 6.45) is 0. The lowest BCUT2D eigenvalue weighted by molar-refractivity contribution is 0.578. The SMILES string of the molecule is Cc1ccccc1CNS(=O)(=O)C(C)C(N)=S. The van der Waals surface area contributed by atoms with Gasteiger partial charge in [0, 0.05) is 6.54 Å². The van der Waals surface area contributed by atoms with Crippen molar-refractivity contribution in [2.75, 3.05) is 0 Å². The first-order valence-corrected chi connectivity index (χ1v) is 7.12. The molecule has 94 valence electrons. The molecule has 0 aromatic heterocycles. The van der Waals surface area contributed by atoms with Crippen molar-refractivity contribution in [2.45, 2.75) is 25.6 Å². The number of nitrogens with one attached hydrogen (secondary N) is 1. The van der Waals surface area contributed by atoms with Crippen LogP contribution in [-0.2, 0) is 16.6 Å². The Bertz CT molecular complexity index is 512. The Morgan fingerprint density at radius 3 is 2.59 bits per heavy atom. The molecule has 4 nitrogen and oxygen atoms in total. The molecule has 0 amide bonds. The smallest absolute Gasteiger partial charge is 0.221 e. The molecule has 3 N–H and O–H groups in total. The van der Waals surface area contributed by atoms with Crippen LogP contribution in [-0.4, -0.2) is 18.7 Å². The van der Waals surface area contributed by atoms with E-state index in [9.17, 15) is 8.42 Å². The summed E-state index contributed by atoms with van der Waals surface area (Å²) in [4.78, 5) is -0.0257. The highest BCUT2D eigenvalue weighted by Crippen LogP contribution is 2.08. The molecule has 0 heterocycles. The van der Waals surface area contributed by atoms with E-state index in [0.29, 0.717) is 0 Å². The first kappa shape index (κ1) is 14.1. The minimum absolute atomic E-state index is 0.0257. The normalized spacial score (nSPS) is 13.3. The maximum absolute atomic E-state index is 11.8. The van der Waals surface area contributed by atoms with Crippen molar-refractivity contribution in [3.8, 4) is 0 Å². The van der Waals surface area contributed by atoms with Gasteiger partial charge in [0.25, 0.3) is 0 Å². The van der Waals surface area contributed by atoms with Crippen LogP contribution in [0, 0.1) is 6.92 Å². The van der Waals surface area contributed by atoms with Gasteiger partial charge in [0.05, 0.1) is 4.99 Å². The van der Waals surface area contributed by atoms with E-state index in [-0.39, 0.29) is 11.5 Å². The molecule has 0 spiro atoms. The van der Waals surface area contributed by atoms with Crippen LogP contribution in [0.3, 0.4) is 0 Å². The topological polar surface area (TPSA) is 72.2 Å². The highest BCUT2D eigenvalue weighted by Gasteiger charge is 2.22. The van der Waals surface area contributed by atoms with Crippen molar-refractivity contribution < 1.29 is 8.42 Å². The second kappa shape index (κ2) is 5.57. The van der Waals surface area contributed by atoms with E-state index in [1.807, 2.05) is 31.2 Å². The van der Waals surface area contributed by atoms with E-state index in [1.54, 1.807) is 0 Å². The lowest BCUT2D eigenvalue weighted by Gasteiger charge is -2.13. The number of nitrogens with two attached hydrogens (primary N) is 1. The van der Waals surface area contributed by atoms with Gasteiger partial charge in [0.15, 0.2) is 0 Å². The van der Waals surface area contributed by atoms with Gasteiger partial charge in [0.2, 0.25) is 10.0 Å². The minimum Gasteiger partial charge on any atom is -0.392 e. The number of rotatable bonds is 5. The lowest BCUT2D eigenvalue weighted by Crippen LogP contribution is -2.39. The Balaban J connectivity index is 2.75. The number of thiocarbonyl (C=S) groups is 1. The average Bonchev–Trinajstić information content (AvgIpc) is 2.27. The third-order valence-corrected chi connectivity index (χ3v) is 4.83. The van der Waals surface area contributed by atoms with Crippen molar-refractivity contribution in [1.29, 1.82) is 0 Å². The first-order chi connectivity index (χ1) is 7.84. The van der Waals surface area contributed by atoms with E-state index in [2.05, 4.69) is 16.9 Å². The van der Waals surface area contributed by atoms with Crippen LogP contribution in [0.2, 0.25) is 0 Å². The molecule has 0 fully saturated rings. The van der Waals surface area contributed by atoms with Gasteiger partial charge in [-0.3, -0.25) is 0 Å². The second-order valence-corrected chi connectivity index (χ2v) is 6.39. The van der Waals surface area contributed by atoms with Gasteiger partial charge >= 0.3 is 0 Å². The van der Waals surface area contributed by atoms with E-state index >= 15 is 0 Å². The molecular formula is C11H16N2O2S2. The van der Waals surface area contributed by atoms with Crippen LogP contribution in [0.5, 0.6) is 0 Å². The monoisotopic (exact) mass is 272 g/mol. The zero-order valence-electron chi connectivity index (χ0n) is 9.80. The van der Waals surface area contributed by atoms with Crippen LogP contribution in [0.4, 0.5) is 0 Å². The zero-order chi connectivity index (χ0) is 13.1. The molecule has 1 unspecified atom stereocenters. The maximum atomic E-state index is 11.8. The number of sulfonamides is 1. The van der Waals surface area contributed by atoms with Crippen LogP contribution in [0.15, 0.2) is 24.3 Å². The van der Waals surface area contributed by atoms with Gasteiger partial charge in [-0.25, -0.2) is 13.1 Å². The average molecular weight is 272 g/mol. The second-order valence-electron chi connectivity index (χ2n) is 3.84. The third kappa shape index (κ3) is 3.76. The minimum atomic E-state index is -3.49. The molecule has 1 aromatic rings. The van der Waals surface area contributed by atoms with E-state index in [4.69, 9.17) is 5.73 Å². The van der Waals surface area contributed by atoms with Gasteiger partial charge in [-0.2, -0.15) is 0 Å². The summed E-state index contributed by atoms with van der Waals surface area (Å²) in [7, 11) is -3.49. The molecule has 1 atom stereocenters. The Labute approximate surface area is 107 Å². The fourth-order valence-electron chi connectivity index (χ4n) is 1.26. The largest absolute Gasteiger partial charge is 0.392 e. The number of benzene rings is 1. The van der Waals surface area contributed by atoms with Crippen LogP contribution < -0.4 is 10.5 Å². The van der Waals surface area contributed by atoms with E-state index in [1.165, 1.54) is 6.92 Å². The van der Waals surface area contributed by atoms with E-state index in [0.717, 1.165) is 11.1 Å². The summed E-state index contributed by atoms with van der Waals surface area (Å²) in [6, 6.07) is 7.59. The molecule has 17 heavy (non-hydrogen) atoms. The summed E-state index contributed by atoms with van der Waals surface area (Å²) in [5.41, 5.74) is 7.31. The van der Waals surface area contributed by atoms with Crippen molar-refractivity contribution in [1.82, 2.24) is 4.72 Å². The van der Waals surface area contributed by atoms with Crippen molar-refractivity contribution in [3.63, 3.8) is 0 Å². The Morgan fingerprint density at radius 2 is 2.06 bits per heavy atom. The van der Waals surface area contributed by atoms with Crippen LogP contribution in [0.25, 0.3) is 0 Å². The molecule has 0 aliphatic rings. The number of aryl methyl sites for hydroxylation is 1. The van der Waals surface area contributed by atoms with Gasteiger partial charge in [0.1, 0.15) is 5.25 Å². The van der Waals surface area contributed by atoms with Gasteiger partial charge < -0.3 is 5.73 Å². The third-order valence-electron chi connectivity index (χ3n) is 2.59. The number of hydrogen-bond acceptors (Lipinski definition) is 3. The molecule has 0 aliphatic carbocycles. The highest BCUT2D eigenvalue weighted by molar-refractivity contribution is 7.93. The summed E-state index contributed by atoms with van der Waals surface area (Å²) in [5.74, 6) is 0. The molecule has 0 saturated carbocycles. The standard InChI is InChI=1S/C11H16N2O2S2/c1-8-5-3-4-6-10(8)7-13-17(14,15)9(2)11(12)16/h3-6,9,13H,7H2,1-2H3,(H2,12,16). The number of hydrogen-bond donors (Lipinski definition) is 2. The summed E-state index contributed by atoms with van der Waals surface area (Å²) in [6.45, 7) is 3.66. The Morgan fingerprint density at radius 1 is 1.47 bits per heavy atom. The zero-order valence-corrected chi connectivity index (χ0v) is 11.4. The Hall–Kier alpha value is -0.980. The molecule has 0 radical (unpaired) electrons. The predicted octanol–water partition coefficient (Wildman–Crippen LogP) is 1.09. The summed E-state index contributed by atoms with van der Waals surface area (Å²) >= 11 is 4.68. The molecule has 0 aliphatic heterocycles.